The minimum absolute atomic E-state index is 0.103. The molecule has 0 aliphatic carbocycles. The van der Waals surface area contributed by atoms with Crippen molar-refractivity contribution in [2.45, 2.75) is 6.61 Å². The summed E-state index contributed by atoms with van der Waals surface area (Å²) in [7, 11) is 1.52. The van der Waals surface area contributed by atoms with Crippen LogP contribution in [0.1, 0.15) is 32.0 Å². The lowest BCUT2D eigenvalue weighted by atomic mass is 10.1. The van der Waals surface area contributed by atoms with Gasteiger partial charge in [-0.1, -0.05) is 54.6 Å². The summed E-state index contributed by atoms with van der Waals surface area (Å²) in [6.45, 7) is 0.222. The largest absolute Gasteiger partial charge is 0.545 e. The van der Waals surface area contributed by atoms with Crippen molar-refractivity contribution in [1.29, 1.82) is 0 Å². The molecular formula is C29H21N2O6-. The van der Waals surface area contributed by atoms with Gasteiger partial charge in [0.25, 0.3) is 0 Å². The molecule has 4 aromatic carbocycles. The van der Waals surface area contributed by atoms with Crippen LogP contribution in [0, 0.1) is 0 Å². The summed E-state index contributed by atoms with van der Waals surface area (Å²) in [4.78, 5) is 23.5. The molecule has 0 atom stereocenters. The smallest absolute Gasteiger partial charge is 0.307 e. The van der Waals surface area contributed by atoms with Crippen LogP contribution in [0.3, 0.4) is 0 Å². The molecule has 37 heavy (non-hydrogen) atoms. The van der Waals surface area contributed by atoms with Gasteiger partial charge < -0.3 is 23.8 Å². The van der Waals surface area contributed by atoms with Gasteiger partial charge in [-0.05, 0) is 57.8 Å². The van der Waals surface area contributed by atoms with Gasteiger partial charge in [-0.2, -0.15) is 5.10 Å². The molecule has 0 bridgehead atoms. The van der Waals surface area contributed by atoms with Crippen molar-refractivity contribution in [3.63, 3.8) is 0 Å². The number of ether oxygens (including phenoxy) is 2. The number of nitrogens with zero attached hydrogens (tertiary/aromatic N) is 1. The topological polar surface area (TPSA) is 113 Å². The summed E-state index contributed by atoms with van der Waals surface area (Å²) in [6, 6.07) is 24.9. The fraction of sp³-hybridized carbons (Fsp3) is 0.0690. The highest BCUT2D eigenvalue weighted by Gasteiger charge is 2.13. The van der Waals surface area contributed by atoms with Gasteiger partial charge in [-0.3, -0.25) is 4.79 Å². The lowest BCUT2D eigenvalue weighted by Crippen LogP contribution is -2.22. The van der Waals surface area contributed by atoms with Gasteiger partial charge in [0.15, 0.2) is 17.3 Å². The van der Waals surface area contributed by atoms with Crippen molar-refractivity contribution >= 4 is 39.8 Å². The normalized spacial score (nSPS) is 11.2. The van der Waals surface area contributed by atoms with E-state index in [1.165, 1.54) is 25.5 Å². The van der Waals surface area contributed by atoms with E-state index >= 15 is 0 Å². The van der Waals surface area contributed by atoms with Gasteiger partial charge in [0.1, 0.15) is 12.2 Å². The molecule has 0 aliphatic rings. The fourth-order valence-corrected chi connectivity index (χ4v) is 3.91. The number of hydrogen-bond acceptors (Lipinski definition) is 7. The number of fused-ring (bicyclic) bond motifs is 3. The Morgan fingerprint density at radius 2 is 1.76 bits per heavy atom. The van der Waals surface area contributed by atoms with E-state index in [0.717, 1.165) is 21.7 Å². The number of methoxy groups -OCH3 is 1. The molecule has 1 N–H and O–H groups in total. The van der Waals surface area contributed by atoms with Crippen LogP contribution in [0.2, 0.25) is 0 Å². The standard InChI is InChI=1S/C29H22N2O6/c1-35-26-14-19(8-12-25(26)36-17-18-6-9-21(10-7-18)29(33)34)16-30-31-28(32)27-15-23-22-5-3-2-4-20(22)11-13-24(23)37-27/h2-16H,17H2,1H3,(H,31,32)(H,33,34)/p-1/b30-16-. The SMILES string of the molecule is COc1cc(/C=N\NC(=O)c2cc3c(ccc4ccccc43)o2)ccc1OCc1ccc(C(=O)[O-])cc1. The molecular weight excluding hydrogens is 472 g/mol. The Hall–Kier alpha value is -5.11. The molecule has 0 radical (unpaired) electrons. The molecule has 0 aliphatic heterocycles. The summed E-state index contributed by atoms with van der Waals surface area (Å²) >= 11 is 0. The lowest BCUT2D eigenvalue weighted by Gasteiger charge is -2.12. The van der Waals surface area contributed by atoms with Crippen LogP contribution in [0.4, 0.5) is 0 Å². The first-order valence-corrected chi connectivity index (χ1v) is 11.4. The summed E-state index contributed by atoms with van der Waals surface area (Å²) < 4.78 is 17.0. The molecule has 5 rings (SSSR count). The highest BCUT2D eigenvalue weighted by molar-refractivity contribution is 6.08. The van der Waals surface area contributed by atoms with Crippen molar-refractivity contribution in [3.05, 3.63) is 107 Å². The molecule has 1 amide bonds. The van der Waals surface area contributed by atoms with E-state index in [4.69, 9.17) is 13.9 Å². The predicted octanol–water partition coefficient (Wildman–Crippen LogP) is 4.30. The Kier molecular flexibility index (Phi) is 6.54. The van der Waals surface area contributed by atoms with E-state index in [1.54, 1.807) is 36.4 Å². The zero-order valence-electron chi connectivity index (χ0n) is 19.8. The summed E-state index contributed by atoms with van der Waals surface area (Å²) in [6.07, 6.45) is 1.49. The van der Waals surface area contributed by atoms with Crippen LogP contribution in [0.5, 0.6) is 11.5 Å². The van der Waals surface area contributed by atoms with E-state index in [9.17, 15) is 14.7 Å². The van der Waals surface area contributed by atoms with Gasteiger partial charge in [-0.15, -0.1) is 0 Å². The van der Waals surface area contributed by atoms with Crippen LogP contribution in [0.25, 0.3) is 21.7 Å². The minimum Gasteiger partial charge on any atom is -0.545 e. The molecule has 8 heteroatoms. The number of aromatic carboxylic acids is 1. The van der Waals surface area contributed by atoms with Crippen molar-refractivity contribution in [3.8, 4) is 11.5 Å². The molecule has 0 saturated heterocycles. The Morgan fingerprint density at radius 3 is 2.54 bits per heavy atom. The zero-order valence-corrected chi connectivity index (χ0v) is 19.8. The van der Waals surface area contributed by atoms with Crippen LogP contribution >= 0.6 is 0 Å². The maximum absolute atomic E-state index is 12.6. The molecule has 5 aromatic rings. The first-order chi connectivity index (χ1) is 18.0. The second kappa shape index (κ2) is 10.2. The van der Waals surface area contributed by atoms with Gasteiger partial charge in [0.2, 0.25) is 0 Å². The van der Waals surface area contributed by atoms with Crippen molar-refractivity contribution < 1.29 is 28.6 Å². The molecule has 0 fully saturated rings. The molecule has 0 spiro atoms. The number of rotatable bonds is 8. The number of benzene rings is 4. The monoisotopic (exact) mass is 493 g/mol. The molecule has 8 nitrogen and oxygen atoms in total. The van der Waals surface area contributed by atoms with Crippen LogP contribution in [-0.2, 0) is 6.61 Å². The quantitative estimate of drug-likeness (QED) is 0.255. The number of hydrogen-bond donors (Lipinski definition) is 1. The third-order valence-corrected chi connectivity index (χ3v) is 5.80. The summed E-state index contributed by atoms with van der Waals surface area (Å²) in [5, 5.41) is 17.9. The summed E-state index contributed by atoms with van der Waals surface area (Å²) in [5.41, 5.74) is 4.69. The molecule has 1 heterocycles. The zero-order chi connectivity index (χ0) is 25.8. The van der Waals surface area contributed by atoms with Gasteiger partial charge in [0, 0.05) is 5.39 Å². The van der Waals surface area contributed by atoms with Gasteiger partial charge in [-0.25, -0.2) is 5.43 Å². The van der Waals surface area contributed by atoms with Crippen LogP contribution in [-0.4, -0.2) is 25.2 Å². The van der Waals surface area contributed by atoms with Crippen LogP contribution < -0.4 is 20.0 Å². The van der Waals surface area contributed by atoms with E-state index in [1.807, 2.05) is 36.4 Å². The highest BCUT2D eigenvalue weighted by atomic mass is 16.5. The Morgan fingerprint density at radius 1 is 0.946 bits per heavy atom. The Bertz CT molecular complexity index is 1640. The number of nitrogens with one attached hydrogen (secondary N) is 1. The maximum Gasteiger partial charge on any atom is 0.307 e. The molecule has 0 unspecified atom stereocenters. The number of carboxylic acids is 1. The second-order valence-corrected chi connectivity index (χ2v) is 8.19. The average Bonchev–Trinajstić information content (AvgIpc) is 3.37. The third kappa shape index (κ3) is 5.13. The number of carbonyl (C=O) groups excluding carboxylic acids is 2. The van der Waals surface area contributed by atoms with E-state index in [0.29, 0.717) is 22.6 Å². The predicted molar refractivity (Wildman–Crippen MR) is 137 cm³/mol. The third-order valence-electron chi connectivity index (χ3n) is 5.80. The number of carboxylic acid groups (broad SMARTS) is 1. The average molecular weight is 493 g/mol. The Balaban J connectivity index is 1.24. The molecule has 1 aromatic heterocycles. The first kappa shape index (κ1) is 23.6. The first-order valence-electron chi connectivity index (χ1n) is 11.4. The molecule has 184 valence electrons. The lowest BCUT2D eigenvalue weighted by molar-refractivity contribution is -0.255. The number of hydrazone groups is 1. The van der Waals surface area contributed by atoms with E-state index < -0.39 is 11.9 Å². The highest BCUT2D eigenvalue weighted by Crippen LogP contribution is 2.29. The molecule has 0 saturated carbocycles. The van der Waals surface area contributed by atoms with Crippen molar-refractivity contribution in [2.24, 2.45) is 5.10 Å². The van der Waals surface area contributed by atoms with Gasteiger partial charge in [0.05, 0.1) is 19.3 Å². The van der Waals surface area contributed by atoms with E-state index in [2.05, 4.69) is 10.5 Å². The number of carbonyl (C=O) groups is 2. The van der Waals surface area contributed by atoms with E-state index in [-0.39, 0.29) is 17.9 Å². The van der Waals surface area contributed by atoms with Crippen LogP contribution in [0.15, 0.2) is 94.4 Å². The summed E-state index contributed by atoms with van der Waals surface area (Å²) in [5.74, 6) is -0.549. The van der Waals surface area contributed by atoms with Crippen molar-refractivity contribution in [2.75, 3.05) is 7.11 Å². The second-order valence-electron chi connectivity index (χ2n) is 8.19. The van der Waals surface area contributed by atoms with Gasteiger partial charge >= 0.3 is 5.91 Å². The van der Waals surface area contributed by atoms with Crippen molar-refractivity contribution in [1.82, 2.24) is 5.43 Å². The fourth-order valence-electron chi connectivity index (χ4n) is 3.91. The number of furan rings is 1. The maximum atomic E-state index is 12.6. The number of amides is 1. The Labute approximate surface area is 211 Å². The minimum atomic E-state index is -1.23.